The molecule has 0 fully saturated rings. The van der Waals surface area contributed by atoms with Crippen molar-refractivity contribution in [2.24, 2.45) is 0 Å². The van der Waals surface area contributed by atoms with Crippen LogP contribution in [0, 0.1) is 5.82 Å². The van der Waals surface area contributed by atoms with Crippen LogP contribution in [0.2, 0.25) is 5.02 Å². The molecule has 1 atom stereocenters. The van der Waals surface area contributed by atoms with Gasteiger partial charge in [0.1, 0.15) is 5.82 Å². The van der Waals surface area contributed by atoms with Gasteiger partial charge in [-0.05, 0) is 68.8 Å². The largest absolute Gasteiger partial charge is 0.322 e. The minimum atomic E-state index is -0.629. The van der Waals surface area contributed by atoms with Gasteiger partial charge in [-0.15, -0.1) is 0 Å². The van der Waals surface area contributed by atoms with Crippen LogP contribution in [0.15, 0.2) is 48.5 Å². The summed E-state index contributed by atoms with van der Waals surface area (Å²) in [5, 5.41) is 2.85. The Morgan fingerprint density at radius 3 is 2.65 bits per heavy atom. The minimum absolute atomic E-state index is 0.100. The topological polar surface area (TPSA) is 32.3 Å². The molecule has 0 aliphatic heterocycles. The zero-order valence-corrected chi connectivity index (χ0v) is 15.7. The second-order valence-electron chi connectivity index (χ2n) is 6.75. The number of allylic oxidation sites excluding steroid dienone is 1. The zero-order valence-electron chi connectivity index (χ0n) is 14.9. The molecule has 0 aromatic heterocycles. The first kappa shape index (κ1) is 18.6. The predicted molar refractivity (Wildman–Crippen MR) is 105 cm³/mol. The molecule has 2 aromatic rings. The Morgan fingerprint density at radius 1 is 1.23 bits per heavy atom. The molecule has 0 radical (unpaired) electrons. The second kappa shape index (κ2) is 8.02. The fourth-order valence-corrected chi connectivity index (χ4v) is 3.51. The van der Waals surface area contributed by atoms with E-state index in [9.17, 15) is 9.18 Å². The van der Waals surface area contributed by atoms with Crippen LogP contribution in [0.4, 0.5) is 10.1 Å². The molecule has 5 heteroatoms. The van der Waals surface area contributed by atoms with Crippen molar-refractivity contribution in [2.45, 2.75) is 25.3 Å². The summed E-state index contributed by atoms with van der Waals surface area (Å²) in [4.78, 5) is 14.7. The van der Waals surface area contributed by atoms with Gasteiger partial charge in [-0.25, -0.2) is 4.39 Å². The van der Waals surface area contributed by atoms with Crippen LogP contribution < -0.4 is 5.32 Å². The second-order valence-corrected chi connectivity index (χ2v) is 7.16. The predicted octanol–water partition coefficient (Wildman–Crippen LogP) is 5.23. The van der Waals surface area contributed by atoms with Crippen LogP contribution in [0.3, 0.4) is 0 Å². The van der Waals surface area contributed by atoms with Gasteiger partial charge in [0.15, 0.2) is 0 Å². The maximum absolute atomic E-state index is 13.9. The van der Waals surface area contributed by atoms with Gasteiger partial charge in [0.2, 0.25) is 0 Å². The lowest BCUT2D eigenvalue weighted by atomic mass is 9.90. The van der Waals surface area contributed by atoms with Crippen molar-refractivity contribution < 1.29 is 9.18 Å². The number of nitrogens with zero attached hydrogens (tertiary/aromatic N) is 1. The number of anilines is 1. The number of carbonyl (C=O) groups is 1. The number of hydrogen-bond donors (Lipinski definition) is 1. The SMILES string of the molecule is CN(C)C1CC=C(c2cccc(NC(=O)c3c(F)cccc3Cl)c2)CC1. The van der Waals surface area contributed by atoms with Crippen LogP contribution >= 0.6 is 11.6 Å². The van der Waals surface area contributed by atoms with Crippen LogP contribution in [0.1, 0.15) is 35.2 Å². The third-order valence-corrected chi connectivity index (χ3v) is 5.11. The third-order valence-electron chi connectivity index (χ3n) is 4.79. The lowest BCUT2D eigenvalue weighted by molar-refractivity contribution is 0.102. The molecule has 0 saturated heterocycles. The molecule has 136 valence electrons. The first-order chi connectivity index (χ1) is 12.5. The highest BCUT2D eigenvalue weighted by molar-refractivity contribution is 6.34. The molecule has 1 N–H and O–H groups in total. The van der Waals surface area contributed by atoms with Crippen molar-refractivity contribution in [3.63, 3.8) is 0 Å². The fourth-order valence-electron chi connectivity index (χ4n) is 3.26. The van der Waals surface area contributed by atoms with E-state index >= 15 is 0 Å². The number of benzene rings is 2. The van der Waals surface area contributed by atoms with Crippen molar-refractivity contribution in [3.05, 3.63) is 70.5 Å². The highest BCUT2D eigenvalue weighted by Crippen LogP contribution is 2.30. The van der Waals surface area contributed by atoms with Gasteiger partial charge < -0.3 is 10.2 Å². The fraction of sp³-hybridized carbons (Fsp3) is 0.286. The molecule has 0 bridgehead atoms. The van der Waals surface area contributed by atoms with E-state index in [1.165, 1.54) is 23.8 Å². The highest BCUT2D eigenvalue weighted by Gasteiger charge is 2.18. The number of carbonyl (C=O) groups excluding carboxylic acids is 1. The molecule has 3 rings (SSSR count). The van der Waals surface area contributed by atoms with Gasteiger partial charge in [0.25, 0.3) is 5.91 Å². The van der Waals surface area contributed by atoms with Crippen LogP contribution in [-0.2, 0) is 0 Å². The monoisotopic (exact) mass is 372 g/mol. The van der Waals surface area contributed by atoms with Crippen molar-refractivity contribution in [2.75, 3.05) is 19.4 Å². The summed E-state index contributed by atoms with van der Waals surface area (Å²) >= 11 is 5.97. The first-order valence-corrected chi connectivity index (χ1v) is 9.05. The van der Waals surface area contributed by atoms with Gasteiger partial charge >= 0.3 is 0 Å². The minimum Gasteiger partial charge on any atom is -0.322 e. The molecule has 0 saturated carbocycles. The van der Waals surface area contributed by atoms with E-state index < -0.39 is 11.7 Å². The molecule has 1 unspecified atom stereocenters. The molecule has 3 nitrogen and oxygen atoms in total. The van der Waals surface area contributed by atoms with E-state index in [4.69, 9.17) is 11.6 Å². The Morgan fingerprint density at radius 2 is 2.00 bits per heavy atom. The summed E-state index contributed by atoms with van der Waals surface area (Å²) < 4.78 is 13.9. The lowest BCUT2D eigenvalue weighted by Gasteiger charge is -2.27. The van der Waals surface area contributed by atoms with E-state index in [-0.39, 0.29) is 10.6 Å². The van der Waals surface area contributed by atoms with Gasteiger partial charge in [0, 0.05) is 11.7 Å². The number of amides is 1. The van der Waals surface area contributed by atoms with Crippen LogP contribution in [0.5, 0.6) is 0 Å². The van der Waals surface area contributed by atoms with Crippen LogP contribution in [-0.4, -0.2) is 30.9 Å². The first-order valence-electron chi connectivity index (χ1n) is 8.67. The van der Waals surface area contributed by atoms with E-state index in [2.05, 4.69) is 30.4 Å². The third kappa shape index (κ3) is 4.14. The molecule has 1 amide bonds. The average Bonchev–Trinajstić information content (AvgIpc) is 2.62. The summed E-state index contributed by atoms with van der Waals surface area (Å²) in [5.74, 6) is -1.17. The summed E-state index contributed by atoms with van der Waals surface area (Å²) in [6.07, 6.45) is 5.40. The van der Waals surface area contributed by atoms with E-state index in [0.29, 0.717) is 11.7 Å². The number of rotatable bonds is 4. The maximum atomic E-state index is 13.9. The van der Waals surface area contributed by atoms with Crippen molar-refractivity contribution >= 4 is 28.8 Å². The van der Waals surface area contributed by atoms with Crippen LogP contribution in [0.25, 0.3) is 5.57 Å². The van der Waals surface area contributed by atoms with Gasteiger partial charge in [-0.2, -0.15) is 0 Å². The Hall–Kier alpha value is -2.17. The average molecular weight is 373 g/mol. The standard InChI is InChI=1S/C21H22ClFN2O/c1-25(2)17-11-9-14(10-12-17)15-5-3-6-16(13-15)24-21(26)20-18(22)7-4-8-19(20)23/h3-9,13,17H,10-12H2,1-2H3,(H,24,26). The summed E-state index contributed by atoms with van der Waals surface area (Å²) in [5.41, 5.74) is 2.86. The summed E-state index contributed by atoms with van der Waals surface area (Å²) in [6.45, 7) is 0. The van der Waals surface area contributed by atoms with Gasteiger partial charge in [-0.3, -0.25) is 4.79 Å². The molecule has 0 heterocycles. The van der Waals surface area contributed by atoms with Gasteiger partial charge in [-0.1, -0.05) is 35.9 Å². The molecule has 1 aliphatic carbocycles. The quantitative estimate of drug-likeness (QED) is 0.797. The number of hydrogen-bond acceptors (Lipinski definition) is 2. The zero-order chi connectivity index (χ0) is 18.7. The van der Waals surface area contributed by atoms with E-state index in [0.717, 1.165) is 24.8 Å². The Kier molecular flexibility index (Phi) is 5.74. The normalized spacial score (nSPS) is 17.1. The Labute approximate surface area is 158 Å². The molecule has 2 aromatic carbocycles. The number of halogens is 2. The lowest BCUT2D eigenvalue weighted by Crippen LogP contribution is -2.28. The smallest absolute Gasteiger partial charge is 0.260 e. The Bertz CT molecular complexity index is 827. The summed E-state index contributed by atoms with van der Waals surface area (Å²) in [6, 6.07) is 12.4. The molecular weight excluding hydrogens is 351 g/mol. The molecule has 1 aliphatic rings. The van der Waals surface area contributed by atoms with Crippen molar-refractivity contribution in [3.8, 4) is 0 Å². The molecule has 26 heavy (non-hydrogen) atoms. The van der Waals surface area contributed by atoms with Crippen molar-refractivity contribution in [1.29, 1.82) is 0 Å². The molecular formula is C21H22ClFN2O. The Balaban J connectivity index is 1.77. The van der Waals surface area contributed by atoms with Crippen molar-refractivity contribution in [1.82, 2.24) is 4.90 Å². The van der Waals surface area contributed by atoms with Gasteiger partial charge in [0.05, 0.1) is 10.6 Å². The summed E-state index contributed by atoms with van der Waals surface area (Å²) in [7, 11) is 4.21. The number of nitrogens with one attached hydrogen (secondary N) is 1. The highest BCUT2D eigenvalue weighted by atomic mass is 35.5. The maximum Gasteiger partial charge on any atom is 0.260 e. The molecule has 0 spiro atoms. The van der Waals surface area contributed by atoms with E-state index in [1.807, 2.05) is 18.2 Å². The van der Waals surface area contributed by atoms with E-state index in [1.54, 1.807) is 6.07 Å².